The molecule has 0 bridgehead atoms. The van der Waals surface area contributed by atoms with E-state index in [-0.39, 0.29) is 22.7 Å². The molecular formula is C19H17F2N3O2. The zero-order chi connectivity index (χ0) is 18.3. The molecule has 26 heavy (non-hydrogen) atoms. The van der Waals surface area contributed by atoms with E-state index in [0.717, 1.165) is 43.9 Å². The molecule has 1 N–H and O–H groups in total. The third-order valence-electron chi connectivity index (χ3n) is 5.01. The van der Waals surface area contributed by atoms with Crippen LogP contribution in [0.1, 0.15) is 54.1 Å². The van der Waals surface area contributed by atoms with Crippen molar-refractivity contribution in [1.82, 2.24) is 14.6 Å². The van der Waals surface area contributed by atoms with E-state index in [4.69, 9.17) is 0 Å². The molecule has 0 aliphatic heterocycles. The van der Waals surface area contributed by atoms with Gasteiger partial charge in [-0.05, 0) is 25.0 Å². The lowest BCUT2D eigenvalue weighted by atomic mass is 9.84. The Bertz CT molecular complexity index is 994. The van der Waals surface area contributed by atoms with Crippen LogP contribution in [0.4, 0.5) is 8.78 Å². The third-order valence-corrected chi connectivity index (χ3v) is 5.01. The average Bonchev–Trinajstić information content (AvgIpc) is 3.06. The second-order valence-corrected chi connectivity index (χ2v) is 6.62. The van der Waals surface area contributed by atoms with Gasteiger partial charge in [0.1, 0.15) is 17.2 Å². The number of hydrogen-bond donors (Lipinski definition) is 1. The zero-order valence-electron chi connectivity index (χ0n) is 14.0. The van der Waals surface area contributed by atoms with Crippen LogP contribution in [-0.2, 0) is 0 Å². The Labute approximate surface area is 148 Å². The van der Waals surface area contributed by atoms with E-state index in [0.29, 0.717) is 5.56 Å². The van der Waals surface area contributed by atoms with Gasteiger partial charge in [-0.3, -0.25) is 0 Å². The Morgan fingerprint density at radius 2 is 1.88 bits per heavy atom. The van der Waals surface area contributed by atoms with Crippen molar-refractivity contribution in [2.45, 2.75) is 38.0 Å². The summed E-state index contributed by atoms with van der Waals surface area (Å²) in [6.07, 6.45) is 7.81. The summed E-state index contributed by atoms with van der Waals surface area (Å²) < 4.78 is 29.3. The van der Waals surface area contributed by atoms with Gasteiger partial charge in [0.05, 0.1) is 11.9 Å². The lowest BCUT2D eigenvalue weighted by Crippen LogP contribution is -2.13. The summed E-state index contributed by atoms with van der Waals surface area (Å²) in [5.74, 6) is -2.31. The summed E-state index contributed by atoms with van der Waals surface area (Å²) in [4.78, 5) is 15.6. The molecule has 2 heterocycles. The van der Waals surface area contributed by atoms with Crippen LogP contribution in [-0.4, -0.2) is 25.7 Å². The first-order chi connectivity index (χ1) is 12.6. The predicted octanol–water partition coefficient (Wildman–Crippen LogP) is 4.42. The maximum absolute atomic E-state index is 14.4. The molecule has 1 fully saturated rings. The molecule has 4 rings (SSSR count). The maximum Gasteiger partial charge on any atom is 0.341 e. The van der Waals surface area contributed by atoms with Gasteiger partial charge in [0.2, 0.25) is 0 Å². The molecule has 0 atom stereocenters. The maximum atomic E-state index is 14.4. The van der Waals surface area contributed by atoms with Gasteiger partial charge in [-0.1, -0.05) is 19.3 Å². The molecule has 1 aliphatic rings. The molecule has 3 aromatic rings. The second kappa shape index (κ2) is 6.48. The van der Waals surface area contributed by atoms with Gasteiger partial charge in [0.15, 0.2) is 5.65 Å². The number of carbonyl (C=O) groups is 1. The SMILES string of the molecule is O=C(O)c1cnn2c(C3CCCCC3)c(-c3ccc(F)cc3F)cnc12. The van der Waals surface area contributed by atoms with Gasteiger partial charge >= 0.3 is 5.97 Å². The zero-order valence-corrected chi connectivity index (χ0v) is 14.0. The van der Waals surface area contributed by atoms with E-state index in [1.165, 1.54) is 29.0 Å². The first-order valence-corrected chi connectivity index (χ1v) is 8.61. The summed E-state index contributed by atoms with van der Waals surface area (Å²) in [7, 11) is 0. The van der Waals surface area contributed by atoms with Gasteiger partial charge in [-0.25, -0.2) is 23.1 Å². The largest absolute Gasteiger partial charge is 0.477 e. The first-order valence-electron chi connectivity index (χ1n) is 8.61. The number of nitrogens with zero attached hydrogens (tertiary/aromatic N) is 3. The fraction of sp³-hybridized carbons (Fsp3) is 0.316. The highest BCUT2D eigenvalue weighted by Gasteiger charge is 2.26. The average molecular weight is 357 g/mol. The van der Waals surface area contributed by atoms with Crippen molar-refractivity contribution in [3.8, 4) is 11.1 Å². The Morgan fingerprint density at radius 3 is 2.58 bits per heavy atom. The summed E-state index contributed by atoms with van der Waals surface area (Å²) in [6, 6.07) is 3.44. The monoisotopic (exact) mass is 357 g/mol. The van der Waals surface area contributed by atoms with E-state index < -0.39 is 17.6 Å². The van der Waals surface area contributed by atoms with E-state index in [2.05, 4.69) is 10.1 Å². The molecule has 7 heteroatoms. The number of carboxylic acids is 1. The number of benzene rings is 1. The van der Waals surface area contributed by atoms with Gasteiger partial charge in [0.25, 0.3) is 0 Å². The van der Waals surface area contributed by atoms with Crippen LogP contribution < -0.4 is 0 Å². The molecule has 1 aromatic carbocycles. The standard InChI is InChI=1S/C19H17F2N3O2/c20-12-6-7-13(16(21)8-12)14-9-22-18-15(19(25)26)10-23-24(18)17(14)11-4-2-1-3-5-11/h6-11H,1-5H2,(H,25,26). The minimum absolute atomic E-state index is 0.00758. The molecule has 0 radical (unpaired) electrons. The molecule has 134 valence electrons. The Kier molecular flexibility index (Phi) is 4.14. The molecule has 0 saturated heterocycles. The summed E-state index contributed by atoms with van der Waals surface area (Å²) in [5, 5.41) is 13.6. The van der Waals surface area contributed by atoms with Crippen LogP contribution in [0.3, 0.4) is 0 Å². The molecular weight excluding hydrogens is 340 g/mol. The van der Waals surface area contributed by atoms with Crippen LogP contribution in [0.2, 0.25) is 0 Å². The molecule has 1 saturated carbocycles. The normalized spacial score (nSPS) is 15.5. The number of aromatic carboxylic acids is 1. The number of carboxylic acid groups (broad SMARTS) is 1. The third kappa shape index (κ3) is 2.73. The number of aromatic nitrogens is 3. The van der Waals surface area contributed by atoms with Crippen molar-refractivity contribution in [2.24, 2.45) is 0 Å². The Morgan fingerprint density at radius 1 is 1.12 bits per heavy atom. The molecule has 0 spiro atoms. The topological polar surface area (TPSA) is 67.5 Å². The smallest absolute Gasteiger partial charge is 0.341 e. The minimum Gasteiger partial charge on any atom is -0.477 e. The molecule has 0 amide bonds. The van der Waals surface area contributed by atoms with E-state index in [9.17, 15) is 18.7 Å². The quantitative estimate of drug-likeness (QED) is 0.753. The van der Waals surface area contributed by atoms with Crippen molar-refractivity contribution < 1.29 is 18.7 Å². The number of halogens is 2. The van der Waals surface area contributed by atoms with E-state index in [1.54, 1.807) is 0 Å². The van der Waals surface area contributed by atoms with E-state index in [1.807, 2.05) is 0 Å². The highest BCUT2D eigenvalue weighted by Crippen LogP contribution is 2.39. The summed E-state index contributed by atoms with van der Waals surface area (Å²) in [5.41, 5.74) is 1.76. The van der Waals surface area contributed by atoms with Crippen molar-refractivity contribution in [1.29, 1.82) is 0 Å². The van der Waals surface area contributed by atoms with E-state index >= 15 is 0 Å². The van der Waals surface area contributed by atoms with Crippen LogP contribution in [0.5, 0.6) is 0 Å². The Hall–Kier alpha value is -2.83. The van der Waals surface area contributed by atoms with Gasteiger partial charge in [-0.2, -0.15) is 5.10 Å². The lowest BCUT2D eigenvalue weighted by molar-refractivity contribution is 0.0698. The van der Waals surface area contributed by atoms with Crippen molar-refractivity contribution in [2.75, 3.05) is 0 Å². The number of fused-ring (bicyclic) bond motifs is 1. The van der Waals surface area contributed by atoms with Crippen LogP contribution in [0.25, 0.3) is 16.8 Å². The van der Waals surface area contributed by atoms with Crippen LogP contribution in [0, 0.1) is 11.6 Å². The van der Waals surface area contributed by atoms with Crippen molar-refractivity contribution >= 4 is 11.6 Å². The summed E-state index contributed by atoms with van der Waals surface area (Å²) >= 11 is 0. The van der Waals surface area contributed by atoms with Crippen molar-refractivity contribution in [3.63, 3.8) is 0 Å². The lowest BCUT2D eigenvalue weighted by Gasteiger charge is -2.25. The van der Waals surface area contributed by atoms with Gasteiger partial charge in [-0.15, -0.1) is 0 Å². The molecule has 5 nitrogen and oxygen atoms in total. The summed E-state index contributed by atoms with van der Waals surface area (Å²) in [6.45, 7) is 0. The molecule has 1 aliphatic carbocycles. The molecule has 2 aromatic heterocycles. The number of rotatable bonds is 3. The first kappa shape index (κ1) is 16.6. The second-order valence-electron chi connectivity index (χ2n) is 6.62. The fourth-order valence-electron chi connectivity index (χ4n) is 3.78. The van der Waals surface area contributed by atoms with Crippen molar-refractivity contribution in [3.05, 3.63) is 53.5 Å². The highest BCUT2D eigenvalue weighted by molar-refractivity contribution is 5.94. The fourth-order valence-corrected chi connectivity index (χ4v) is 3.78. The minimum atomic E-state index is -1.11. The molecule has 0 unspecified atom stereocenters. The van der Waals surface area contributed by atoms with Crippen LogP contribution in [0.15, 0.2) is 30.6 Å². The Balaban J connectivity index is 1.98. The van der Waals surface area contributed by atoms with Gasteiger partial charge < -0.3 is 5.11 Å². The predicted molar refractivity (Wildman–Crippen MR) is 91.1 cm³/mol. The van der Waals surface area contributed by atoms with Crippen LogP contribution >= 0.6 is 0 Å². The highest BCUT2D eigenvalue weighted by atomic mass is 19.1. The van der Waals surface area contributed by atoms with Gasteiger partial charge in [0, 0.05) is 29.3 Å². The number of hydrogen-bond acceptors (Lipinski definition) is 3.